The van der Waals surface area contributed by atoms with Crippen LogP contribution in [0.25, 0.3) is 0 Å². The summed E-state index contributed by atoms with van der Waals surface area (Å²) in [6.07, 6.45) is 2.31. The summed E-state index contributed by atoms with van der Waals surface area (Å²) in [4.78, 5) is 0. The lowest BCUT2D eigenvalue weighted by atomic mass is 9.85. The Hall–Kier alpha value is -1.64. The van der Waals surface area contributed by atoms with E-state index in [2.05, 4.69) is 55.5 Å². The quantitative estimate of drug-likeness (QED) is 0.708. The third kappa shape index (κ3) is 3.72. The normalized spacial score (nSPS) is 16.3. The van der Waals surface area contributed by atoms with Crippen LogP contribution in [0.2, 0.25) is 0 Å². The van der Waals surface area contributed by atoms with E-state index in [0.29, 0.717) is 12.7 Å². The van der Waals surface area contributed by atoms with Crippen molar-refractivity contribution in [3.05, 3.63) is 70.8 Å². The molecular formula is C19H22O2. The molecule has 110 valence electrons. The Morgan fingerprint density at radius 1 is 1.00 bits per heavy atom. The van der Waals surface area contributed by atoms with E-state index in [0.717, 1.165) is 26.1 Å². The molecule has 2 nitrogen and oxygen atoms in total. The molecule has 3 rings (SSSR count). The highest BCUT2D eigenvalue weighted by atomic mass is 16.5. The number of benzene rings is 2. The van der Waals surface area contributed by atoms with Crippen LogP contribution in [0.3, 0.4) is 0 Å². The van der Waals surface area contributed by atoms with E-state index in [-0.39, 0.29) is 0 Å². The Bertz CT molecular complexity index is 574. The van der Waals surface area contributed by atoms with Crippen molar-refractivity contribution in [1.29, 1.82) is 0 Å². The summed E-state index contributed by atoms with van der Waals surface area (Å²) < 4.78 is 11.6. The van der Waals surface area contributed by atoms with E-state index in [1.54, 1.807) is 0 Å². The van der Waals surface area contributed by atoms with Gasteiger partial charge >= 0.3 is 0 Å². The first-order valence-corrected chi connectivity index (χ1v) is 7.65. The number of rotatable bonds is 7. The summed E-state index contributed by atoms with van der Waals surface area (Å²) in [5.74, 6) is 0. The summed E-state index contributed by atoms with van der Waals surface area (Å²) >= 11 is 0. The largest absolute Gasteiger partial charge is 0.377 e. The summed E-state index contributed by atoms with van der Waals surface area (Å²) in [6, 6.07) is 17.0. The van der Waals surface area contributed by atoms with Crippen LogP contribution in [0.5, 0.6) is 0 Å². The van der Waals surface area contributed by atoms with Crippen molar-refractivity contribution in [2.75, 3.05) is 13.2 Å². The lowest BCUT2D eigenvalue weighted by molar-refractivity contribution is 0.0180. The molecule has 0 fully saturated rings. The smallest absolute Gasteiger partial charge is 0.0868 e. The number of aryl methyl sites for hydroxylation is 1. The predicted molar refractivity (Wildman–Crippen MR) is 84.3 cm³/mol. The van der Waals surface area contributed by atoms with Gasteiger partial charge in [0.05, 0.1) is 12.7 Å². The average Bonchev–Trinajstić information content (AvgIpc) is 2.48. The molecule has 0 saturated heterocycles. The lowest BCUT2D eigenvalue weighted by Crippen LogP contribution is -2.20. The van der Waals surface area contributed by atoms with Gasteiger partial charge in [-0.2, -0.15) is 0 Å². The van der Waals surface area contributed by atoms with Gasteiger partial charge in [0, 0.05) is 19.6 Å². The van der Waals surface area contributed by atoms with Gasteiger partial charge in [0.2, 0.25) is 0 Å². The van der Waals surface area contributed by atoms with Gasteiger partial charge in [0.25, 0.3) is 0 Å². The number of hydrogen-bond acceptors (Lipinski definition) is 2. The molecule has 0 aliphatic heterocycles. The van der Waals surface area contributed by atoms with Gasteiger partial charge in [-0.25, -0.2) is 0 Å². The Morgan fingerprint density at radius 2 is 1.81 bits per heavy atom. The molecule has 2 aromatic carbocycles. The van der Waals surface area contributed by atoms with Crippen LogP contribution in [-0.4, -0.2) is 13.2 Å². The minimum atomic E-state index is 0.304. The van der Waals surface area contributed by atoms with Gasteiger partial charge < -0.3 is 9.47 Å². The van der Waals surface area contributed by atoms with Crippen molar-refractivity contribution in [2.45, 2.75) is 32.5 Å². The molecule has 1 aliphatic carbocycles. The van der Waals surface area contributed by atoms with Crippen LogP contribution in [-0.2, 0) is 22.5 Å². The molecule has 1 aliphatic rings. The second kappa shape index (κ2) is 6.88. The molecule has 2 heteroatoms. The van der Waals surface area contributed by atoms with Crippen LogP contribution in [0.1, 0.15) is 34.8 Å². The fourth-order valence-electron chi connectivity index (χ4n) is 2.62. The molecule has 0 radical (unpaired) electrons. The zero-order valence-corrected chi connectivity index (χ0v) is 12.5. The van der Waals surface area contributed by atoms with Gasteiger partial charge in [-0.3, -0.25) is 0 Å². The fourth-order valence-corrected chi connectivity index (χ4v) is 2.62. The fraction of sp³-hybridized carbons (Fsp3) is 0.368. The standard InChI is InChI=1S/C19H22O2/c1-15-7-9-16(10-8-15)14-20-11-4-12-21-19-13-17-5-2-3-6-18(17)19/h2-3,5-10,19H,4,11-14H2,1H3. The minimum absolute atomic E-state index is 0.304. The molecule has 0 N–H and O–H groups in total. The van der Waals surface area contributed by atoms with Gasteiger partial charge in [0.1, 0.15) is 0 Å². The highest BCUT2D eigenvalue weighted by molar-refractivity contribution is 5.37. The number of ether oxygens (including phenoxy) is 2. The highest BCUT2D eigenvalue weighted by Gasteiger charge is 2.25. The maximum Gasteiger partial charge on any atom is 0.0868 e. The van der Waals surface area contributed by atoms with E-state index < -0.39 is 0 Å². The van der Waals surface area contributed by atoms with Crippen LogP contribution >= 0.6 is 0 Å². The SMILES string of the molecule is Cc1ccc(COCCCOC2Cc3ccccc32)cc1. The van der Waals surface area contributed by atoms with E-state index in [9.17, 15) is 0 Å². The second-order valence-electron chi connectivity index (χ2n) is 5.65. The maximum absolute atomic E-state index is 5.89. The Labute approximate surface area is 126 Å². The van der Waals surface area contributed by atoms with E-state index >= 15 is 0 Å². The first kappa shape index (κ1) is 14.3. The topological polar surface area (TPSA) is 18.5 Å². The zero-order valence-electron chi connectivity index (χ0n) is 12.5. The Kier molecular flexibility index (Phi) is 4.69. The van der Waals surface area contributed by atoms with Gasteiger partial charge in [0.15, 0.2) is 0 Å². The van der Waals surface area contributed by atoms with Crippen LogP contribution in [0, 0.1) is 6.92 Å². The Balaban J connectivity index is 1.29. The summed E-state index contributed by atoms with van der Waals surface area (Å²) in [7, 11) is 0. The van der Waals surface area contributed by atoms with Crippen molar-refractivity contribution in [1.82, 2.24) is 0 Å². The second-order valence-corrected chi connectivity index (χ2v) is 5.65. The molecule has 0 spiro atoms. The number of hydrogen-bond donors (Lipinski definition) is 0. The average molecular weight is 282 g/mol. The predicted octanol–water partition coefficient (Wildman–Crippen LogP) is 4.22. The summed E-state index contributed by atoms with van der Waals surface area (Å²) in [6.45, 7) is 4.31. The molecule has 0 saturated carbocycles. The number of fused-ring (bicyclic) bond motifs is 1. The molecule has 0 aromatic heterocycles. The van der Waals surface area contributed by atoms with E-state index in [4.69, 9.17) is 9.47 Å². The van der Waals surface area contributed by atoms with Gasteiger partial charge in [-0.05, 0) is 30.0 Å². The van der Waals surface area contributed by atoms with Gasteiger partial charge in [-0.15, -0.1) is 0 Å². The van der Waals surface area contributed by atoms with Crippen LogP contribution < -0.4 is 0 Å². The minimum Gasteiger partial charge on any atom is -0.377 e. The molecule has 0 amide bonds. The monoisotopic (exact) mass is 282 g/mol. The Morgan fingerprint density at radius 3 is 2.62 bits per heavy atom. The zero-order chi connectivity index (χ0) is 14.5. The summed E-state index contributed by atoms with van der Waals surface area (Å²) in [5, 5.41) is 0. The van der Waals surface area contributed by atoms with Crippen molar-refractivity contribution in [3.8, 4) is 0 Å². The summed E-state index contributed by atoms with van der Waals surface area (Å²) in [5.41, 5.74) is 5.30. The lowest BCUT2D eigenvalue weighted by Gasteiger charge is -2.29. The van der Waals surface area contributed by atoms with Crippen LogP contribution in [0.4, 0.5) is 0 Å². The molecule has 0 bridgehead atoms. The first-order valence-electron chi connectivity index (χ1n) is 7.65. The molecule has 0 heterocycles. The third-order valence-electron chi connectivity index (χ3n) is 3.95. The molecule has 2 aromatic rings. The molecule has 1 atom stereocenters. The third-order valence-corrected chi connectivity index (χ3v) is 3.95. The highest BCUT2D eigenvalue weighted by Crippen LogP contribution is 2.35. The first-order chi connectivity index (χ1) is 10.3. The van der Waals surface area contributed by atoms with Gasteiger partial charge in [-0.1, -0.05) is 54.1 Å². The molecular weight excluding hydrogens is 260 g/mol. The van der Waals surface area contributed by atoms with Crippen molar-refractivity contribution >= 4 is 0 Å². The van der Waals surface area contributed by atoms with Crippen LogP contribution in [0.15, 0.2) is 48.5 Å². The van der Waals surface area contributed by atoms with Crippen molar-refractivity contribution in [2.24, 2.45) is 0 Å². The molecule has 21 heavy (non-hydrogen) atoms. The maximum atomic E-state index is 5.89. The molecule has 1 unspecified atom stereocenters. The van der Waals surface area contributed by atoms with E-state index in [1.807, 2.05) is 0 Å². The van der Waals surface area contributed by atoms with E-state index in [1.165, 1.54) is 22.3 Å². The van der Waals surface area contributed by atoms with Crippen molar-refractivity contribution < 1.29 is 9.47 Å². The van der Waals surface area contributed by atoms with Crippen molar-refractivity contribution in [3.63, 3.8) is 0 Å².